The minimum Gasteiger partial charge on any atom is -0.477 e. The molecule has 17 heavy (non-hydrogen) atoms. The number of carboxylic acid groups (broad SMARTS) is 1. The summed E-state index contributed by atoms with van der Waals surface area (Å²) in [5.41, 5.74) is 5.48. The molecular weight excluding hydrogens is 232 g/mol. The van der Waals surface area contributed by atoms with Crippen LogP contribution in [0.3, 0.4) is 0 Å². The van der Waals surface area contributed by atoms with E-state index in [-0.39, 0.29) is 12.3 Å². The van der Waals surface area contributed by atoms with Crippen LogP contribution in [0, 0.1) is 5.92 Å². The number of hydrogen-bond donors (Lipinski definition) is 3. The van der Waals surface area contributed by atoms with Crippen LogP contribution in [0.1, 0.15) is 38.5 Å². The van der Waals surface area contributed by atoms with E-state index in [1.807, 2.05) is 0 Å². The van der Waals surface area contributed by atoms with Crippen LogP contribution >= 0.6 is 0 Å². The quantitative estimate of drug-likeness (QED) is 0.689. The molecule has 0 heterocycles. The van der Waals surface area contributed by atoms with E-state index in [1.54, 1.807) is 0 Å². The summed E-state index contributed by atoms with van der Waals surface area (Å²) in [6, 6.07) is -1.19. The third-order valence-corrected chi connectivity index (χ3v) is 3.39. The number of aliphatic hydroxyl groups excluding tert-OH is 1. The van der Waals surface area contributed by atoms with Crippen molar-refractivity contribution in [1.82, 2.24) is 0 Å². The maximum atomic E-state index is 13.0. The summed E-state index contributed by atoms with van der Waals surface area (Å²) in [4.78, 5) is 10.3. The number of rotatable bonds is 5. The van der Waals surface area contributed by atoms with Gasteiger partial charge in [0.25, 0.3) is 0 Å². The van der Waals surface area contributed by atoms with Crippen LogP contribution in [0.4, 0.5) is 8.78 Å². The van der Waals surface area contributed by atoms with Gasteiger partial charge in [-0.25, -0.2) is 4.79 Å². The lowest BCUT2D eigenvalue weighted by Gasteiger charge is -2.29. The van der Waals surface area contributed by atoms with Crippen LogP contribution in [0.15, 0.2) is 0 Å². The minimum atomic E-state index is -4.17. The molecule has 0 radical (unpaired) electrons. The van der Waals surface area contributed by atoms with Gasteiger partial charge in [-0.1, -0.05) is 32.1 Å². The van der Waals surface area contributed by atoms with E-state index in [1.165, 1.54) is 0 Å². The van der Waals surface area contributed by atoms with Gasteiger partial charge in [-0.2, -0.15) is 8.78 Å². The van der Waals surface area contributed by atoms with Crippen LogP contribution in [-0.2, 0) is 4.79 Å². The largest absolute Gasteiger partial charge is 0.477 e. The molecule has 0 aromatic carbocycles. The first-order valence-corrected chi connectivity index (χ1v) is 5.90. The van der Waals surface area contributed by atoms with E-state index in [4.69, 9.17) is 10.8 Å². The standard InChI is InChI=1S/C11H19F2NO3/c12-11(13,10(16)17)9(15)8(14)6-7-4-2-1-3-5-7/h7-9,15H,1-6,14H2,(H,16,17). The number of carboxylic acids is 1. The summed E-state index contributed by atoms with van der Waals surface area (Å²) in [6.45, 7) is 0. The number of alkyl halides is 2. The molecule has 1 aliphatic carbocycles. The van der Waals surface area contributed by atoms with Gasteiger partial charge in [-0.3, -0.25) is 0 Å². The van der Waals surface area contributed by atoms with Crippen molar-refractivity contribution in [1.29, 1.82) is 0 Å². The maximum absolute atomic E-state index is 13.0. The molecule has 0 amide bonds. The zero-order valence-corrected chi connectivity index (χ0v) is 9.61. The normalized spacial score (nSPS) is 22.1. The summed E-state index contributed by atoms with van der Waals surface area (Å²) in [7, 11) is 0. The summed E-state index contributed by atoms with van der Waals surface area (Å²) in [6.07, 6.45) is 3.00. The van der Waals surface area contributed by atoms with Crippen LogP contribution in [0.25, 0.3) is 0 Å². The number of nitrogens with two attached hydrogens (primary N) is 1. The second kappa shape index (κ2) is 5.73. The lowest BCUT2D eigenvalue weighted by atomic mass is 9.83. The first kappa shape index (κ1) is 14.3. The molecule has 1 saturated carbocycles. The molecule has 1 fully saturated rings. The fraction of sp³-hybridized carbons (Fsp3) is 0.909. The predicted octanol–water partition coefficient (Wildman–Crippen LogP) is 1.36. The Hall–Kier alpha value is -0.750. The Morgan fingerprint density at radius 1 is 1.35 bits per heavy atom. The summed E-state index contributed by atoms with van der Waals surface area (Å²) in [5, 5.41) is 17.6. The fourth-order valence-corrected chi connectivity index (χ4v) is 2.33. The SMILES string of the molecule is NC(CC1CCCCC1)C(O)C(F)(F)C(=O)O. The van der Waals surface area contributed by atoms with Gasteiger partial charge >= 0.3 is 11.9 Å². The van der Waals surface area contributed by atoms with E-state index >= 15 is 0 Å². The Kier molecular flexibility index (Phi) is 4.82. The molecule has 100 valence electrons. The first-order chi connectivity index (χ1) is 7.85. The van der Waals surface area contributed by atoms with E-state index < -0.39 is 24.0 Å². The molecule has 0 spiro atoms. The van der Waals surface area contributed by atoms with Crippen LogP contribution in [0.2, 0.25) is 0 Å². The van der Waals surface area contributed by atoms with Crippen molar-refractivity contribution in [3.8, 4) is 0 Å². The third kappa shape index (κ3) is 3.61. The molecule has 0 bridgehead atoms. The molecule has 1 rings (SSSR count). The zero-order chi connectivity index (χ0) is 13.1. The van der Waals surface area contributed by atoms with Crippen LogP contribution in [0.5, 0.6) is 0 Å². The van der Waals surface area contributed by atoms with Crippen LogP contribution < -0.4 is 5.73 Å². The number of aliphatic hydroxyl groups is 1. The minimum absolute atomic E-state index is 0.220. The molecule has 2 unspecified atom stereocenters. The van der Waals surface area contributed by atoms with Crippen molar-refractivity contribution in [2.75, 3.05) is 0 Å². The second-order valence-electron chi connectivity index (χ2n) is 4.78. The highest BCUT2D eigenvalue weighted by Crippen LogP contribution is 2.30. The highest BCUT2D eigenvalue weighted by atomic mass is 19.3. The van der Waals surface area contributed by atoms with Gasteiger partial charge in [0.2, 0.25) is 0 Å². The molecule has 0 saturated heterocycles. The zero-order valence-electron chi connectivity index (χ0n) is 9.61. The number of halogens is 2. The monoisotopic (exact) mass is 251 g/mol. The molecule has 0 aromatic rings. The van der Waals surface area contributed by atoms with Crippen molar-refractivity contribution < 1.29 is 23.8 Å². The van der Waals surface area contributed by atoms with Crippen molar-refractivity contribution in [2.45, 2.75) is 56.6 Å². The van der Waals surface area contributed by atoms with Gasteiger partial charge in [-0.05, 0) is 12.3 Å². The third-order valence-electron chi connectivity index (χ3n) is 3.39. The van der Waals surface area contributed by atoms with Gasteiger partial charge in [0, 0.05) is 6.04 Å². The van der Waals surface area contributed by atoms with Gasteiger partial charge in [0.1, 0.15) is 6.10 Å². The van der Waals surface area contributed by atoms with E-state index in [0.29, 0.717) is 0 Å². The maximum Gasteiger partial charge on any atom is 0.377 e. The van der Waals surface area contributed by atoms with Crippen LogP contribution in [-0.4, -0.2) is 34.3 Å². The molecule has 0 aromatic heterocycles. The van der Waals surface area contributed by atoms with Gasteiger partial charge in [-0.15, -0.1) is 0 Å². The van der Waals surface area contributed by atoms with Crippen molar-refractivity contribution >= 4 is 5.97 Å². The number of hydrogen-bond acceptors (Lipinski definition) is 3. The van der Waals surface area contributed by atoms with Crippen molar-refractivity contribution in [2.24, 2.45) is 11.7 Å². The van der Waals surface area contributed by atoms with E-state index in [9.17, 15) is 18.7 Å². The smallest absolute Gasteiger partial charge is 0.377 e. The Bertz CT molecular complexity index is 267. The Morgan fingerprint density at radius 2 is 1.88 bits per heavy atom. The predicted molar refractivity (Wildman–Crippen MR) is 57.8 cm³/mol. The lowest BCUT2D eigenvalue weighted by Crippen LogP contribution is -2.52. The molecule has 6 heteroatoms. The number of carbonyl (C=O) groups is 1. The highest BCUT2D eigenvalue weighted by Gasteiger charge is 2.49. The highest BCUT2D eigenvalue weighted by molar-refractivity contribution is 5.76. The summed E-state index contributed by atoms with van der Waals surface area (Å²) in [5.74, 6) is -6.28. The van der Waals surface area contributed by atoms with E-state index in [2.05, 4.69) is 0 Å². The topological polar surface area (TPSA) is 83.5 Å². The van der Waals surface area contributed by atoms with Gasteiger partial charge in [0.05, 0.1) is 0 Å². The average Bonchev–Trinajstić information content (AvgIpc) is 2.29. The number of aliphatic carboxylic acids is 1. The fourth-order valence-electron chi connectivity index (χ4n) is 2.33. The summed E-state index contributed by atoms with van der Waals surface area (Å²) < 4.78 is 26.0. The molecule has 4 N–H and O–H groups in total. The molecule has 1 aliphatic rings. The molecule has 0 aliphatic heterocycles. The Morgan fingerprint density at radius 3 is 2.35 bits per heavy atom. The van der Waals surface area contributed by atoms with E-state index in [0.717, 1.165) is 32.1 Å². The Labute approximate surface area is 98.8 Å². The van der Waals surface area contributed by atoms with Gasteiger partial charge in [0.15, 0.2) is 0 Å². The average molecular weight is 251 g/mol. The molecule has 2 atom stereocenters. The summed E-state index contributed by atoms with van der Waals surface area (Å²) >= 11 is 0. The second-order valence-corrected chi connectivity index (χ2v) is 4.78. The lowest BCUT2D eigenvalue weighted by molar-refractivity contribution is -0.184. The van der Waals surface area contributed by atoms with Crippen molar-refractivity contribution in [3.63, 3.8) is 0 Å². The van der Waals surface area contributed by atoms with Gasteiger partial charge < -0.3 is 15.9 Å². The van der Waals surface area contributed by atoms with Crippen molar-refractivity contribution in [3.05, 3.63) is 0 Å². The Balaban J connectivity index is 2.51. The molecular formula is C11H19F2NO3. The first-order valence-electron chi connectivity index (χ1n) is 5.90. The molecule has 4 nitrogen and oxygen atoms in total.